The van der Waals surface area contributed by atoms with Gasteiger partial charge in [-0.1, -0.05) is 25.2 Å². The smallest absolute Gasteiger partial charge is 0.407 e. The lowest BCUT2D eigenvalue weighted by Gasteiger charge is -2.27. The van der Waals surface area contributed by atoms with E-state index in [0.29, 0.717) is 63.6 Å². The summed E-state index contributed by atoms with van der Waals surface area (Å²) in [6.45, 7) is 14.7. The van der Waals surface area contributed by atoms with Gasteiger partial charge in [0.25, 0.3) is 0 Å². The average Bonchev–Trinajstić information content (AvgIpc) is 3.53. The van der Waals surface area contributed by atoms with Crippen molar-refractivity contribution in [2.45, 2.75) is 65.2 Å². The van der Waals surface area contributed by atoms with Crippen molar-refractivity contribution in [3.05, 3.63) is 40.3 Å². The van der Waals surface area contributed by atoms with Gasteiger partial charge in [-0.2, -0.15) is 19.6 Å². The highest BCUT2D eigenvalue weighted by molar-refractivity contribution is 9.10. The number of para-hydroxylation sites is 1. The molecule has 1 fully saturated rings. The molecule has 1 saturated heterocycles. The highest BCUT2D eigenvalue weighted by Gasteiger charge is 2.21. The van der Waals surface area contributed by atoms with Crippen LogP contribution in [-0.2, 0) is 33.9 Å². The Labute approximate surface area is 267 Å². The standard InChI is InChI=1S/C29H41BrN9O4Si/c1-29(2,3)43-28(40)31-10-9-20-7-6-8-22-24(20)38(19-42-15-16-44(4)5)23(34-22)18-32-26-36-27(37-11-13-41-14-12-37)35-25-21(30)17-33-39(25)26/h6-8,17H,9-16,18-19H2,1-5H3,(H,31,40)(H,32,35,36). The fourth-order valence-corrected chi connectivity index (χ4v) is 5.75. The Morgan fingerprint density at radius 3 is 2.70 bits per heavy atom. The number of hydrogen-bond donors (Lipinski definition) is 2. The number of amides is 1. The second kappa shape index (κ2) is 14.2. The zero-order valence-corrected chi connectivity index (χ0v) is 28.6. The molecule has 1 amide bonds. The molecule has 0 unspecified atom stereocenters. The second-order valence-electron chi connectivity index (χ2n) is 11.9. The number of rotatable bonds is 12. The number of nitrogens with one attached hydrogen (secondary N) is 2. The van der Waals surface area contributed by atoms with Gasteiger partial charge in [-0.15, -0.1) is 0 Å². The number of nitrogens with zero attached hydrogens (tertiary/aromatic N) is 7. The number of fused-ring (bicyclic) bond motifs is 2. The largest absolute Gasteiger partial charge is 0.444 e. The van der Waals surface area contributed by atoms with E-state index in [2.05, 4.69) is 60.3 Å². The van der Waals surface area contributed by atoms with Crippen molar-refractivity contribution in [3.8, 4) is 0 Å². The predicted octanol–water partition coefficient (Wildman–Crippen LogP) is 4.48. The van der Waals surface area contributed by atoms with Gasteiger partial charge in [0, 0.05) is 35.0 Å². The molecule has 15 heteroatoms. The molecule has 237 valence electrons. The first kappa shape index (κ1) is 32.1. The highest BCUT2D eigenvalue weighted by atomic mass is 79.9. The molecule has 1 radical (unpaired) electrons. The quantitative estimate of drug-likeness (QED) is 0.162. The zero-order valence-electron chi connectivity index (χ0n) is 26.0. The number of hydrogen-bond acceptors (Lipinski definition) is 10. The van der Waals surface area contributed by atoms with Crippen molar-refractivity contribution in [1.29, 1.82) is 0 Å². The van der Waals surface area contributed by atoms with Crippen molar-refractivity contribution in [3.63, 3.8) is 0 Å². The van der Waals surface area contributed by atoms with Crippen LogP contribution in [-0.4, -0.2) is 89.1 Å². The molecule has 0 saturated carbocycles. The topological polar surface area (TPSA) is 133 Å². The number of anilines is 2. The van der Waals surface area contributed by atoms with E-state index in [1.54, 1.807) is 10.7 Å². The maximum atomic E-state index is 12.2. The monoisotopic (exact) mass is 686 g/mol. The molecule has 0 bridgehead atoms. The van der Waals surface area contributed by atoms with E-state index < -0.39 is 20.5 Å². The molecule has 1 aliphatic heterocycles. The second-order valence-corrected chi connectivity index (χ2v) is 15.7. The molecule has 1 aliphatic rings. The lowest BCUT2D eigenvalue weighted by Crippen LogP contribution is -2.37. The molecule has 5 rings (SSSR count). The van der Waals surface area contributed by atoms with Crippen molar-refractivity contribution in [1.82, 2.24) is 34.4 Å². The molecule has 4 heterocycles. The molecule has 0 aliphatic carbocycles. The third kappa shape index (κ3) is 8.05. The SMILES string of the molecule is C[Si](C)CCOCn1c(CNc2nc(N3CCOCC3)nc3c(Br)cnn23)nc2cccc(CCNC(=O)OC(C)(C)C)c21. The maximum absolute atomic E-state index is 12.2. The van der Waals surface area contributed by atoms with Crippen LogP contribution < -0.4 is 15.5 Å². The van der Waals surface area contributed by atoms with E-state index >= 15 is 0 Å². The normalized spacial score (nSPS) is 14.1. The van der Waals surface area contributed by atoms with Crippen LogP contribution in [0.5, 0.6) is 0 Å². The summed E-state index contributed by atoms with van der Waals surface area (Å²) in [7, 11) is -0.399. The van der Waals surface area contributed by atoms with Crippen LogP contribution in [0.4, 0.5) is 16.7 Å². The Morgan fingerprint density at radius 1 is 1.16 bits per heavy atom. The number of benzene rings is 1. The number of carbonyl (C=O) groups excluding carboxylic acids is 1. The van der Waals surface area contributed by atoms with Gasteiger partial charge in [-0.3, -0.25) is 0 Å². The number of alkyl carbamates (subject to hydrolysis) is 1. The molecular weight excluding hydrogens is 646 g/mol. The molecule has 0 spiro atoms. The fraction of sp³-hybridized carbons (Fsp3) is 0.552. The van der Waals surface area contributed by atoms with E-state index in [-0.39, 0.29) is 0 Å². The molecule has 3 aromatic heterocycles. The molecule has 13 nitrogen and oxygen atoms in total. The van der Waals surface area contributed by atoms with Crippen molar-refractivity contribution < 1.29 is 19.0 Å². The first-order valence-corrected chi connectivity index (χ1v) is 18.4. The Kier molecular flexibility index (Phi) is 10.4. The van der Waals surface area contributed by atoms with Crippen LogP contribution in [0.1, 0.15) is 32.2 Å². The number of halogens is 1. The highest BCUT2D eigenvalue weighted by Crippen LogP contribution is 2.25. The molecule has 2 N–H and O–H groups in total. The number of ether oxygens (including phenoxy) is 3. The molecule has 44 heavy (non-hydrogen) atoms. The molecular formula is C29H41BrN9O4Si. The molecule has 0 atom stereocenters. The summed E-state index contributed by atoms with van der Waals surface area (Å²) >= 11 is 3.58. The minimum absolute atomic E-state index is 0.366. The van der Waals surface area contributed by atoms with Gasteiger partial charge >= 0.3 is 6.09 Å². The van der Waals surface area contributed by atoms with E-state index in [0.717, 1.165) is 46.0 Å². The Balaban J connectivity index is 1.41. The lowest BCUT2D eigenvalue weighted by atomic mass is 10.1. The third-order valence-corrected chi connectivity index (χ3v) is 8.73. The summed E-state index contributed by atoms with van der Waals surface area (Å²) in [5, 5.41) is 10.8. The zero-order chi connectivity index (χ0) is 31.3. The summed E-state index contributed by atoms with van der Waals surface area (Å²) in [5.41, 5.74) is 3.03. The summed E-state index contributed by atoms with van der Waals surface area (Å²) in [5.74, 6) is 1.99. The average molecular weight is 688 g/mol. The Hall–Kier alpha value is -3.27. The number of aromatic nitrogens is 6. The van der Waals surface area contributed by atoms with Gasteiger partial charge in [0.2, 0.25) is 11.9 Å². The van der Waals surface area contributed by atoms with Crippen molar-refractivity contribution in [2.75, 3.05) is 49.7 Å². The Morgan fingerprint density at radius 2 is 1.95 bits per heavy atom. The fourth-order valence-electron chi connectivity index (χ4n) is 4.85. The summed E-state index contributed by atoms with van der Waals surface area (Å²) in [6, 6.07) is 7.13. The van der Waals surface area contributed by atoms with E-state index in [1.165, 1.54) is 0 Å². The van der Waals surface area contributed by atoms with E-state index in [4.69, 9.17) is 29.2 Å². The maximum Gasteiger partial charge on any atom is 0.407 e. The summed E-state index contributed by atoms with van der Waals surface area (Å²) < 4.78 is 21.7. The van der Waals surface area contributed by atoms with Crippen molar-refractivity contribution in [2.24, 2.45) is 0 Å². The third-order valence-electron chi connectivity index (χ3n) is 6.97. The van der Waals surface area contributed by atoms with Gasteiger partial charge < -0.3 is 34.3 Å². The predicted molar refractivity (Wildman–Crippen MR) is 175 cm³/mol. The lowest BCUT2D eigenvalue weighted by molar-refractivity contribution is 0.0528. The number of carbonyl (C=O) groups is 1. The summed E-state index contributed by atoms with van der Waals surface area (Å²) in [4.78, 5) is 29.0. The Bertz CT molecular complexity index is 1580. The van der Waals surface area contributed by atoms with Crippen LogP contribution in [0, 0.1) is 0 Å². The van der Waals surface area contributed by atoms with Crippen LogP contribution in [0.3, 0.4) is 0 Å². The minimum Gasteiger partial charge on any atom is -0.444 e. The minimum atomic E-state index is -0.551. The van der Waals surface area contributed by atoms with Gasteiger partial charge in [-0.05, 0) is 60.8 Å². The van der Waals surface area contributed by atoms with Crippen molar-refractivity contribution >= 4 is 59.4 Å². The van der Waals surface area contributed by atoms with E-state index in [1.807, 2.05) is 32.9 Å². The van der Waals surface area contributed by atoms with E-state index in [9.17, 15) is 4.79 Å². The van der Waals surface area contributed by atoms with Crippen LogP contribution >= 0.6 is 15.9 Å². The molecule has 4 aromatic rings. The first-order chi connectivity index (χ1) is 21.1. The number of morpholine rings is 1. The van der Waals surface area contributed by atoms with Gasteiger partial charge in [-0.25, -0.2) is 9.78 Å². The van der Waals surface area contributed by atoms with Gasteiger partial charge in [0.15, 0.2) is 5.65 Å². The first-order valence-electron chi connectivity index (χ1n) is 14.9. The molecule has 1 aromatic carbocycles. The van der Waals surface area contributed by atoms with Crippen LogP contribution in [0.15, 0.2) is 28.9 Å². The van der Waals surface area contributed by atoms with Gasteiger partial charge in [0.05, 0.1) is 41.5 Å². The summed E-state index contributed by atoms with van der Waals surface area (Å²) in [6.07, 6.45) is 1.90. The van der Waals surface area contributed by atoms with Gasteiger partial charge in [0.1, 0.15) is 18.2 Å². The van der Waals surface area contributed by atoms with Crippen LogP contribution in [0.2, 0.25) is 19.1 Å². The number of imidazole rings is 1. The van der Waals surface area contributed by atoms with Crippen LogP contribution in [0.25, 0.3) is 16.7 Å².